The highest BCUT2D eigenvalue weighted by Crippen LogP contribution is 2.22. The number of ether oxygens (including phenoxy) is 1. The van der Waals surface area contributed by atoms with Gasteiger partial charge in [0.05, 0.1) is 17.7 Å². The molecule has 2 N–H and O–H groups in total. The Kier molecular flexibility index (Phi) is 7.42. The van der Waals surface area contributed by atoms with Crippen LogP contribution in [-0.2, 0) is 4.79 Å². The molecule has 0 aliphatic carbocycles. The molecule has 3 aromatic carbocycles. The van der Waals surface area contributed by atoms with Crippen molar-refractivity contribution in [2.75, 3.05) is 6.61 Å². The monoisotopic (exact) mass is 490 g/mol. The Morgan fingerprint density at radius 2 is 1.69 bits per heavy atom. The van der Waals surface area contributed by atoms with Crippen molar-refractivity contribution in [1.82, 2.24) is 20.6 Å². The van der Waals surface area contributed by atoms with Crippen LogP contribution in [-0.4, -0.2) is 28.2 Å². The number of halogens is 1. The van der Waals surface area contributed by atoms with Crippen LogP contribution in [0.2, 0.25) is 5.02 Å². The summed E-state index contributed by atoms with van der Waals surface area (Å²) in [6.45, 7) is 2.22. The second-order valence-electron chi connectivity index (χ2n) is 7.81. The van der Waals surface area contributed by atoms with E-state index < -0.39 is 5.91 Å². The van der Waals surface area contributed by atoms with Crippen molar-refractivity contribution < 1.29 is 14.3 Å². The molecule has 0 fully saturated rings. The largest absolute Gasteiger partial charge is 0.493 e. The van der Waals surface area contributed by atoms with E-state index in [1.54, 1.807) is 66.7 Å². The molecule has 178 valence electrons. The minimum Gasteiger partial charge on any atom is -0.493 e. The minimum absolute atomic E-state index is 0.0194. The lowest BCUT2D eigenvalue weighted by Crippen LogP contribution is -2.42. The third-order valence-corrected chi connectivity index (χ3v) is 5.51. The maximum atomic E-state index is 12.9. The van der Waals surface area contributed by atoms with Crippen LogP contribution in [0.5, 0.6) is 5.75 Å². The molecule has 1 heterocycles. The molecule has 0 radical (unpaired) electrons. The predicted molar refractivity (Wildman–Crippen MR) is 134 cm³/mol. The molecule has 35 heavy (non-hydrogen) atoms. The number of aryl methyl sites for hydroxylation is 1. The normalized spacial score (nSPS) is 10.7. The van der Waals surface area contributed by atoms with Gasteiger partial charge in [-0.3, -0.25) is 25.2 Å². The van der Waals surface area contributed by atoms with E-state index >= 15 is 0 Å². The summed E-state index contributed by atoms with van der Waals surface area (Å²) in [6, 6.07) is 20.9. The number of hydrogen-bond donors (Lipinski definition) is 2. The van der Waals surface area contributed by atoms with E-state index in [9.17, 15) is 14.4 Å². The Morgan fingerprint density at radius 3 is 2.43 bits per heavy atom. The van der Waals surface area contributed by atoms with Gasteiger partial charge in [-0.15, -0.1) is 0 Å². The van der Waals surface area contributed by atoms with Crippen molar-refractivity contribution in [3.8, 4) is 11.4 Å². The van der Waals surface area contributed by atoms with E-state index in [1.807, 2.05) is 13.0 Å². The molecule has 9 heteroatoms. The third-order valence-electron chi connectivity index (χ3n) is 5.28. The van der Waals surface area contributed by atoms with Gasteiger partial charge in [-0.05, 0) is 55.3 Å². The maximum Gasteiger partial charge on any atom is 0.290 e. The molecule has 0 bridgehead atoms. The Balaban J connectivity index is 1.40. The summed E-state index contributed by atoms with van der Waals surface area (Å²) >= 11 is 5.94. The lowest BCUT2D eigenvalue weighted by atomic mass is 10.1. The lowest BCUT2D eigenvalue weighted by Gasteiger charge is -2.12. The molecule has 0 atom stereocenters. The van der Waals surface area contributed by atoms with Crippen LogP contribution < -0.4 is 21.1 Å². The van der Waals surface area contributed by atoms with E-state index in [0.29, 0.717) is 40.3 Å². The predicted octanol–water partition coefficient (Wildman–Crippen LogP) is 3.97. The summed E-state index contributed by atoms with van der Waals surface area (Å²) in [5.74, 6) is -0.308. The number of carbonyl (C=O) groups excluding carboxylic acids is 2. The highest BCUT2D eigenvalue weighted by Gasteiger charge is 2.18. The first-order valence-electron chi connectivity index (χ1n) is 11.0. The number of hydrogen-bond acceptors (Lipinski definition) is 5. The fourth-order valence-corrected chi connectivity index (χ4v) is 3.77. The fourth-order valence-electron chi connectivity index (χ4n) is 3.54. The summed E-state index contributed by atoms with van der Waals surface area (Å²) < 4.78 is 6.86. The van der Waals surface area contributed by atoms with E-state index in [-0.39, 0.29) is 23.6 Å². The van der Waals surface area contributed by atoms with E-state index in [1.165, 1.54) is 4.68 Å². The second kappa shape index (κ2) is 10.8. The maximum absolute atomic E-state index is 12.9. The van der Waals surface area contributed by atoms with Crippen molar-refractivity contribution in [2.24, 2.45) is 0 Å². The van der Waals surface area contributed by atoms with Crippen molar-refractivity contribution in [3.63, 3.8) is 0 Å². The van der Waals surface area contributed by atoms with Gasteiger partial charge in [-0.25, -0.2) is 0 Å². The van der Waals surface area contributed by atoms with Crippen LogP contribution in [0.25, 0.3) is 16.5 Å². The summed E-state index contributed by atoms with van der Waals surface area (Å²) in [6.07, 6.45) is 0.592. The number of amides is 2. The number of aromatic nitrogens is 2. The van der Waals surface area contributed by atoms with E-state index in [4.69, 9.17) is 16.3 Å². The van der Waals surface area contributed by atoms with Crippen LogP contribution in [0, 0.1) is 6.92 Å². The average Bonchev–Trinajstić information content (AvgIpc) is 2.87. The number of hydrazine groups is 1. The standard InChI is InChI=1S/C26H23ClN4O4/c1-17-16-18(27)13-14-22(17)35-15-7-12-23(32)28-29-25(33)24-20-10-5-6-11-21(20)26(34)31(30-24)19-8-3-2-4-9-19/h2-6,8-11,13-14,16H,7,12,15H2,1H3,(H,28,32)(H,29,33). The first kappa shape index (κ1) is 24.0. The summed E-state index contributed by atoms with van der Waals surface area (Å²) in [5, 5.41) is 5.65. The fraction of sp³-hybridized carbons (Fsp3) is 0.154. The SMILES string of the molecule is Cc1cc(Cl)ccc1OCCCC(=O)NNC(=O)c1nn(-c2ccccc2)c(=O)c2ccccc12. The molecule has 2 amide bonds. The highest BCUT2D eigenvalue weighted by atomic mass is 35.5. The van der Waals surface area contributed by atoms with Gasteiger partial charge in [0.1, 0.15) is 5.75 Å². The Bertz CT molecular complexity index is 1440. The van der Waals surface area contributed by atoms with Gasteiger partial charge in [-0.2, -0.15) is 9.78 Å². The van der Waals surface area contributed by atoms with Crippen LogP contribution >= 0.6 is 11.6 Å². The summed E-state index contributed by atoms with van der Waals surface area (Å²) in [7, 11) is 0. The molecule has 0 aliphatic heterocycles. The summed E-state index contributed by atoms with van der Waals surface area (Å²) in [4.78, 5) is 38.1. The van der Waals surface area contributed by atoms with Crippen LogP contribution in [0.1, 0.15) is 28.9 Å². The van der Waals surface area contributed by atoms with Crippen molar-refractivity contribution >= 4 is 34.2 Å². The third kappa shape index (κ3) is 5.67. The van der Waals surface area contributed by atoms with E-state index in [2.05, 4.69) is 16.0 Å². The number of nitrogens with one attached hydrogen (secondary N) is 2. The van der Waals surface area contributed by atoms with Gasteiger partial charge in [0.15, 0.2) is 5.69 Å². The quantitative estimate of drug-likeness (QED) is 0.301. The van der Waals surface area contributed by atoms with Crippen LogP contribution in [0.4, 0.5) is 0 Å². The second-order valence-corrected chi connectivity index (χ2v) is 8.25. The number of fused-ring (bicyclic) bond motifs is 1. The molecule has 4 rings (SSSR count). The number of rotatable bonds is 7. The Morgan fingerprint density at radius 1 is 0.971 bits per heavy atom. The molecule has 0 aliphatic rings. The van der Waals surface area contributed by atoms with Crippen LogP contribution in [0.3, 0.4) is 0 Å². The molecule has 8 nitrogen and oxygen atoms in total. The molecule has 1 aromatic heterocycles. The van der Waals surface area contributed by atoms with Crippen LogP contribution in [0.15, 0.2) is 77.6 Å². The van der Waals surface area contributed by atoms with Crippen molar-refractivity contribution in [1.29, 1.82) is 0 Å². The summed E-state index contributed by atoms with van der Waals surface area (Å²) in [5.41, 5.74) is 5.90. The number of benzene rings is 3. The number of carbonyl (C=O) groups is 2. The van der Waals surface area contributed by atoms with Crippen molar-refractivity contribution in [2.45, 2.75) is 19.8 Å². The van der Waals surface area contributed by atoms with Gasteiger partial charge >= 0.3 is 0 Å². The zero-order chi connectivity index (χ0) is 24.8. The topological polar surface area (TPSA) is 102 Å². The molecule has 0 saturated carbocycles. The molecule has 4 aromatic rings. The molecule has 0 unspecified atom stereocenters. The first-order chi connectivity index (χ1) is 16.9. The van der Waals surface area contributed by atoms with E-state index in [0.717, 1.165) is 5.56 Å². The Labute approximate surface area is 206 Å². The molecule has 0 spiro atoms. The van der Waals surface area contributed by atoms with Gasteiger partial charge < -0.3 is 4.74 Å². The molecular formula is C26H23ClN4O4. The molecule has 0 saturated heterocycles. The lowest BCUT2D eigenvalue weighted by molar-refractivity contribution is -0.122. The highest BCUT2D eigenvalue weighted by molar-refractivity contribution is 6.30. The van der Waals surface area contributed by atoms with Gasteiger partial charge in [-0.1, -0.05) is 48.0 Å². The number of nitrogens with zero attached hydrogens (tertiary/aromatic N) is 2. The average molecular weight is 491 g/mol. The zero-order valence-corrected chi connectivity index (χ0v) is 19.7. The zero-order valence-electron chi connectivity index (χ0n) is 19.0. The smallest absolute Gasteiger partial charge is 0.290 e. The Hall–Kier alpha value is -4.17. The van der Waals surface area contributed by atoms with Crippen molar-refractivity contribution in [3.05, 3.63) is 99.4 Å². The van der Waals surface area contributed by atoms with Gasteiger partial charge in [0.2, 0.25) is 5.91 Å². The minimum atomic E-state index is -0.632. The van der Waals surface area contributed by atoms with Gasteiger partial charge in [0.25, 0.3) is 11.5 Å². The first-order valence-corrected chi connectivity index (χ1v) is 11.4. The van der Waals surface area contributed by atoms with Gasteiger partial charge in [0, 0.05) is 16.8 Å². The molecular weight excluding hydrogens is 468 g/mol. The number of para-hydroxylation sites is 1.